The maximum absolute atomic E-state index is 11.4. The van der Waals surface area contributed by atoms with Gasteiger partial charge < -0.3 is 15.7 Å². The van der Waals surface area contributed by atoms with Crippen LogP contribution in [0.25, 0.3) is 0 Å². The monoisotopic (exact) mass is 274 g/mol. The van der Waals surface area contributed by atoms with Crippen molar-refractivity contribution in [2.75, 3.05) is 6.54 Å². The molecular formula is C16H22N2O2. The number of aliphatic hydroxyl groups is 1. The Morgan fingerprint density at radius 3 is 2.75 bits per heavy atom. The first-order chi connectivity index (χ1) is 9.58. The molecule has 3 N–H and O–H groups in total. The summed E-state index contributed by atoms with van der Waals surface area (Å²) in [7, 11) is 0. The van der Waals surface area contributed by atoms with Gasteiger partial charge in [0, 0.05) is 6.92 Å². The minimum atomic E-state index is -0.672. The largest absolute Gasteiger partial charge is 0.389 e. The molecule has 1 saturated heterocycles. The fourth-order valence-electron chi connectivity index (χ4n) is 2.67. The van der Waals surface area contributed by atoms with E-state index in [1.807, 2.05) is 30.3 Å². The molecule has 2 rings (SSSR count). The molecule has 1 aliphatic rings. The van der Waals surface area contributed by atoms with Gasteiger partial charge in [-0.25, -0.2) is 0 Å². The Balaban J connectivity index is 2.10. The van der Waals surface area contributed by atoms with E-state index in [9.17, 15) is 9.90 Å². The highest BCUT2D eigenvalue weighted by atomic mass is 16.3. The van der Waals surface area contributed by atoms with Crippen LogP contribution in [0, 0.1) is 0 Å². The molecular weight excluding hydrogens is 252 g/mol. The Morgan fingerprint density at radius 1 is 1.50 bits per heavy atom. The van der Waals surface area contributed by atoms with E-state index in [1.165, 1.54) is 6.92 Å². The zero-order valence-corrected chi connectivity index (χ0v) is 11.8. The number of rotatable bonds is 5. The second kappa shape index (κ2) is 6.68. The lowest BCUT2D eigenvalue weighted by atomic mass is 9.93. The predicted molar refractivity (Wildman–Crippen MR) is 79.3 cm³/mol. The standard InChI is InChI=1S/C16H22N2O2/c1-11-8-9-17-15(11)16(20)14(18-12(2)19)10-13-6-4-3-5-7-13/h3-7,14-17,20H,1,8-10H2,2H3,(H,18,19). The second-order valence-corrected chi connectivity index (χ2v) is 5.33. The third kappa shape index (κ3) is 3.68. The van der Waals surface area contributed by atoms with Crippen LogP contribution in [0.5, 0.6) is 0 Å². The highest BCUT2D eigenvalue weighted by Crippen LogP contribution is 2.19. The smallest absolute Gasteiger partial charge is 0.217 e. The first-order valence-corrected chi connectivity index (χ1v) is 6.98. The van der Waals surface area contributed by atoms with Gasteiger partial charge in [-0.2, -0.15) is 0 Å². The summed E-state index contributed by atoms with van der Waals surface area (Å²) in [5.41, 5.74) is 2.09. The van der Waals surface area contributed by atoms with E-state index in [4.69, 9.17) is 0 Å². The van der Waals surface area contributed by atoms with Crippen molar-refractivity contribution < 1.29 is 9.90 Å². The molecule has 4 nitrogen and oxygen atoms in total. The molecule has 1 amide bonds. The Kier molecular flexibility index (Phi) is 4.93. The zero-order valence-electron chi connectivity index (χ0n) is 11.8. The molecule has 1 aliphatic heterocycles. The Labute approximate surface area is 119 Å². The fraction of sp³-hybridized carbons (Fsp3) is 0.438. The van der Waals surface area contributed by atoms with Crippen LogP contribution in [0.3, 0.4) is 0 Å². The lowest BCUT2D eigenvalue weighted by Crippen LogP contribution is -2.52. The number of carbonyl (C=O) groups is 1. The van der Waals surface area contributed by atoms with Crippen molar-refractivity contribution in [3.63, 3.8) is 0 Å². The summed E-state index contributed by atoms with van der Waals surface area (Å²) in [6.07, 6.45) is 0.807. The topological polar surface area (TPSA) is 61.4 Å². The van der Waals surface area contributed by atoms with Crippen molar-refractivity contribution >= 4 is 5.91 Å². The fourth-order valence-corrected chi connectivity index (χ4v) is 2.67. The molecule has 0 radical (unpaired) electrons. The average molecular weight is 274 g/mol. The lowest BCUT2D eigenvalue weighted by Gasteiger charge is -2.29. The normalized spacial score (nSPS) is 21.5. The minimum absolute atomic E-state index is 0.131. The van der Waals surface area contributed by atoms with Crippen LogP contribution in [-0.2, 0) is 11.2 Å². The first-order valence-electron chi connectivity index (χ1n) is 6.98. The van der Waals surface area contributed by atoms with Crippen molar-refractivity contribution in [1.82, 2.24) is 10.6 Å². The number of hydrogen-bond donors (Lipinski definition) is 3. The predicted octanol–water partition coefficient (Wildman–Crippen LogP) is 1.01. The van der Waals surface area contributed by atoms with Gasteiger partial charge in [0.2, 0.25) is 5.91 Å². The number of nitrogens with one attached hydrogen (secondary N) is 2. The van der Waals surface area contributed by atoms with Gasteiger partial charge in [-0.05, 0) is 24.9 Å². The van der Waals surface area contributed by atoms with Crippen molar-refractivity contribution in [2.24, 2.45) is 0 Å². The summed E-state index contributed by atoms with van der Waals surface area (Å²) in [6, 6.07) is 9.40. The van der Waals surface area contributed by atoms with Crippen molar-refractivity contribution in [3.05, 3.63) is 48.0 Å². The third-order valence-corrected chi connectivity index (χ3v) is 3.69. The van der Waals surface area contributed by atoms with E-state index in [-0.39, 0.29) is 18.0 Å². The van der Waals surface area contributed by atoms with Gasteiger partial charge in [0.25, 0.3) is 0 Å². The van der Waals surface area contributed by atoms with E-state index >= 15 is 0 Å². The number of carbonyl (C=O) groups excluding carboxylic acids is 1. The molecule has 3 unspecified atom stereocenters. The van der Waals surface area contributed by atoms with Crippen LogP contribution in [0.4, 0.5) is 0 Å². The minimum Gasteiger partial charge on any atom is -0.389 e. The molecule has 3 atom stereocenters. The van der Waals surface area contributed by atoms with Crippen LogP contribution in [-0.4, -0.2) is 35.7 Å². The van der Waals surface area contributed by atoms with Crippen molar-refractivity contribution in [3.8, 4) is 0 Å². The van der Waals surface area contributed by atoms with Crippen LogP contribution in [0.1, 0.15) is 18.9 Å². The van der Waals surface area contributed by atoms with E-state index in [1.54, 1.807) is 0 Å². The number of aliphatic hydroxyl groups excluding tert-OH is 1. The molecule has 0 bridgehead atoms. The first kappa shape index (κ1) is 14.8. The third-order valence-electron chi connectivity index (χ3n) is 3.69. The van der Waals surface area contributed by atoms with E-state index in [0.29, 0.717) is 6.42 Å². The summed E-state index contributed by atoms with van der Waals surface area (Å²) in [4.78, 5) is 11.4. The maximum Gasteiger partial charge on any atom is 0.217 e. The molecule has 1 aromatic rings. The molecule has 20 heavy (non-hydrogen) atoms. The summed E-state index contributed by atoms with van der Waals surface area (Å²) < 4.78 is 0. The van der Waals surface area contributed by atoms with Gasteiger partial charge in [0.1, 0.15) is 0 Å². The zero-order chi connectivity index (χ0) is 14.5. The van der Waals surface area contributed by atoms with E-state index in [0.717, 1.165) is 24.1 Å². The molecule has 1 aromatic carbocycles. The molecule has 1 heterocycles. The van der Waals surface area contributed by atoms with Gasteiger partial charge in [0.05, 0.1) is 18.2 Å². The summed E-state index contributed by atoms with van der Waals surface area (Å²) >= 11 is 0. The molecule has 0 aliphatic carbocycles. The molecule has 0 spiro atoms. The van der Waals surface area contributed by atoms with E-state index in [2.05, 4.69) is 17.2 Å². The SMILES string of the molecule is C=C1CCNC1C(O)C(Cc1ccccc1)NC(C)=O. The van der Waals surface area contributed by atoms with Crippen LogP contribution in [0.15, 0.2) is 42.5 Å². The quantitative estimate of drug-likeness (QED) is 0.702. The average Bonchev–Trinajstić information content (AvgIpc) is 2.84. The molecule has 0 aromatic heterocycles. The molecule has 1 fully saturated rings. The number of benzene rings is 1. The van der Waals surface area contributed by atoms with Crippen molar-refractivity contribution in [1.29, 1.82) is 0 Å². The van der Waals surface area contributed by atoms with Crippen LogP contribution < -0.4 is 10.6 Å². The van der Waals surface area contributed by atoms with Crippen LogP contribution in [0.2, 0.25) is 0 Å². The highest BCUT2D eigenvalue weighted by Gasteiger charge is 2.32. The molecule has 4 heteroatoms. The van der Waals surface area contributed by atoms with Gasteiger partial charge >= 0.3 is 0 Å². The Morgan fingerprint density at radius 2 is 2.20 bits per heavy atom. The number of hydrogen-bond acceptors (Lipinski definition) is 3. The maximum atomic E-state index is 11.4. The summed E-state index contributed by atoms with van der Waals surface area (Å²) in [5.74, 6) is -0.131. The van der Waals surface area contributed by atoms with Gasteiger partial charge in [-0.3, -0.25) is 4.79 Å². The Hall–Kier alpha value is -1.65. The summed E-state index contributed by atoms with van der Waals surface area (Å²) in [5, 5.41) is 16.7. The molecule has 108 valence electrons. The second-order valence-electron chi connectivity index (χ2n) is 5.33. The van der Waals surface area contributed by atoms with Crippen molar-refractivity contribution in [2.45, 2.75) is 38.0 Å². The van der Waals surface area contributed by atoms with Crippen LogP contribution >= 0.6 is 0 Å². The molecule has 0 saturated carbocycles. The van der Waals surface area contributed by atoms with E-state index < -0.39 is 6.10 Å². The van der Waals surface area contributed by atoms with Gasteiger partial charge in [0.15, 0.2) is 0 Å². The summed E-state index contributed by atoms with van der Waals surface area (Å²) in [6.45, 7) is 6.30. The highest BCUT2D eigenvalue weighted by molar-refractivity contribution is 5.73. The Bertz CT molecular complexity index is 473. The van der Waals surface area contributed by atoms with Gasteiger partial charge in [-0.15, -0.1) is 0 Å². The van der Waals surface area contributed by atoms with Gasteiger partial charge in [-0.1, -0.05) is 42.5 Å². The lowest BCUT2D eigenvalue weighted by molar-refractivity contribution is -0.120. The number of amides is 1.